The number of ether oxygens (including phenoxy) is 1. The van der Waals surface area contributed by atoms with Gasteiger partial charge in [0.25, 0.3) is 0 Å². The maximum atomic E-state index is 13.5. The number of hydrogen-bond donors (Lipinski definition) is 2. The smallest absolute Gasteiger partial charge is 0.165 e. The molecule has 1 aromatic carbocycles. The molecule has 3 nitrogen and oxygen atoms in total. The van der Waals surface area contributed by atoms with Crippen LogP contribution in [0.2, 0.25) is 0 Å². The van der Waals surface area contributed by atoms with Gasteiger partial charge in [-0.2, -0.15) is 0 Å². The molecule has 1 saturated heterocycles. The lowest BCUT2D eigenvalue weighted by molar-refractivity contribution is 0.379. The summed E-state index contributed by atoms with van der Waals surface area (Å²) in [6, 6.07) is 5.08. The average molecular weight is 238 g/mol. The molecule has 2 rings (SSSR count). The summed E-state index contributed by atoms with van der Waals surface area (Å²) < 4.78 is 18.4. The Bertz CT molecular complexity index is 389. The Kier molecular flexibility index (Phi) is 3.64. The Labute approximate surface area is 101 Å². The van der Waals surface area contributed by atoms with E-state index in [2.05, 4.69) is 17.6 Å². The molecule has 4 heteroatoms. The maximum Gasteiger partial charge on any atom is 0.165 e. The van der Waals surface area contributed by atoms with Gasteiger partial charge in [-0.25, -0.2) is 4.39 Å². The minimum atomic E-state index is -0.304. The number of methoxy groups -OCH3 is 1. The summed E-state index contributed by atoms with van der Waals surface area (Å²) in [6.45, 7) is 4.87. The molecule has 0 saturated carbocycles. The predicted octanol–water partition coefficient (Wildman–Crippen LogP) is 1.68. The van der Waals surface area contributed by atoms with Crippen molar-refractivity contribution in [2.45, 2.75) is 25.4 Å². The van der Waals surface area contributed by atoms with Gasteiger partial charge in [-0.3, -0.25) is 0 Å². The van der Waals surface area contributed by atoms with Gasteiger partial charge in [0.2, 0.25) is 0 Å². The molecule has 94 valence electrons. The Morgan fingerprint density at radius 2 is 2.35 bits per heavy atom. The Balaban J connectivity index is 1.97. The molecule has 1 atom stereocenters. The summed E-state index contributed by atoms with van der Waals surface area (Å²) in [5, 5.41) is 6.79. The normalized spacial score (nSPS) is 23.9. The Morgan fingerprint density at radius 1 is 1.53 bits per heavy atom. The molecule has 0 aliphatic carbocycles. The van der Waals surface area contributed by atoms with Crippen LogP contribution in [0.1, 0.15) is 18.9 Å². The van der Waals surface area contributed by atoms with E-state index in [9.17, 15) is 4.39 Å². The molecule has 1 fully saturated rings. The van der Waals surface area contributed by atoms with Crippen molar-refractivity contribution in [3.63, 3.8) is 0 Å². The standard InChI is InChI=1S/C13H19FN2O/c1-13(5-6-15-9-13)16-8-10-3-4-12(17-2)11(14)7-10/h3-4,7,15-16H,5-6,8-9H2,1-2H3. The van der Waals surface area contributed by atoms with Gasteiger partial charge in [0.05, 0.1) is 7.11 Å². The Morgan fingerprint density at radius 3 is 2.94 bits per heavy atom. The van der Waals surface area contributed by atoms with Gasteiger partial charge in [0.1, 0.15) is 0 Å². The van der Waals surface area contributed by atoms with Gasteiger partial charge >= 0.3 is 0 Å². The van der Waals surface area contributed by atoms with E-state index in [-0.39, 0.29) is 11.4 Å². The molecule has 0 amide bonds. The van der Waals surface area contributed by atoms with E-state index in [1.165, 1.54) is 13.2 Å². The molecule has 17 heavy (non-hydrogen) atoms. The first-order chi connectivity index (χ1) is 8.13. The van der Waals surface area contributed by atoms with E-state index < -0.39 is 0 Å². The van der Waals surface area contributed by atoms with Crippen molar-refractivity contribution in [3.8, 4) is 5.75 Å². The molecule has 1 aliphatic rings. The fourth-order valence-electron chi connectivity index (χ4n) is 2.10. The molecule has 0 aromatic heterocycles. The van der Waals surface area contributed by atoms with Crippen molar-refractivity contribution in [2.75, 3.05) is 20.2 Å². The third-order valence-electron chi connectivity index (χ3n) is 3.30. The summed E-state index contributed by atoms with van der Waals surface area (Å²) in [6.07, 6.45) is 1.10. The number of hydrogen-bond acceptors (Lipinski definition) is 3. The molecule has 0 spiro atoms. The van der Waals surface area contributed by atoms with Crippen LogP contribution in [0, 0.1) is 5.82 Å². The number of rotatable bonds is 4. The molecule has 1 aromatic rings. The quantitative estimate of drug-likeness (QED) is 0.837. The monoisotopic (exact) mass is 238 g/mol. The minimum absolute atomic E-state index is 0.121. The molecule has 2 N–H and O–H groups in total. The largest absolute Gasteiger partial charge is 0.494 e. The highest BCUT2D eigenvalue weighted by atomic mass is 19.1. The SMILES string of the molecule is COc1ccc(CNC2(C)CCNC2)cc1F. The van der Waals surface area contributed by atoms with Crippen molar-refractivity contribution in [1.29, 1.82) is 0 Å². The summed E-state index contributed by atoms with van der Waals surface area (Å²) in [7, 11) is 1.47. The molecule has 0 radical (unpaired) electrons. The van der Waals surface area contributed by atoms with Gasteiger partial charge in [-0.05, 0) is 37.6 Å². The van der Waals surface area contributed by atoms with Crippen LogP contribution in [0.3, 0.4) is 0 Å². The van der Waals surface area contributed by atoms with E-state index in [0.29, 0.717) is 12.3 Å². The Hall–Kier alpha value is -1.13. The highest BCUT2D eigenvalue weighted by Crippen LogP contribution is 2.19. The van der Waals surface area contributed by atoms with Crippen LogP contribution in [0.15, 0.2) is 18.2 Å². The molecular formula is C13H19FN2O. The van der Waals surface area contributed by atoms with Crippen LogP contribution in [0.5, 0.6) is 5.75 Å². The second kappa shape index (κ2) is 5.02. The van der Waals surface area contributed by atoms with Crippen LogP contribution < -0.4 is 15.4 Å². The van der Waals surface area contributed by atoms with Crippen molar-refractivity contribution in [1.82, 2.24) is 10.6 Å². The second-order valence-electron chi connectivity index (χ2n) is 4.81. The average Bonchev–Trinajstić information content (AvgIpc) is 2.74. The van der Waals surface area contributed by atoms with Crippen molar-refractivity contribution < 1.29 is 9.13 Å². The molecule has 1 heterocycles. The van der Waals surface area contributed by atoms with Crippen molar-refractivity contribution >= 4 is 0 Å². The van der Waals surface area contributed by atoms with Gasteiger partial charge in [0, 0.05) is 18.6 Å². The third kappa shape index (κ3) is 2.96. The zero-order valence-electron chi connectivity index (χ0n) is 10.3. The first-order valence-corrected chi connectivity index (χ1v) is 5.91. The lowest BCUT2D eigenvalue weighted by atomic mass is 10.0. The topological polar surface area (TPSA) is 33.3 Å². The zero-order valence-corrected chi connectivity index (χ0v) is 10.3. The number of nitrogens with one attached hydrogen (secondary N) is 2. The van der Waals surface area contributed by atoms with Crippen LogP contribution in [0.25, 0.3) is 0 Å². The van der Waals surface area contributed by atoms with Crippen LogP contribution in [-0.4, -0.2) is 25.7 Å². The van der Waals surface area contributed by atoms with Crippen LogP contribution in [-0.2, 0) is 6.54 Å². The second-order valence-corrected chi connectivity index (χ2v) is 4.81. The maximum absolute atomic E-state index is 13.5. The zero-order chi connectivity index (χ0) is 12.3. The van der Waals surface area contributed by atoms with E-state index >= 15 is 0 Å². The number of halogens is 1. The molecule has 1 unspecified atom stereocenters. The van der Waals surface area contributed by atoms with Crippen molar-refractivity contribution in [2.24, 2.45) is 0 Å². The van der Waals surface area contributed by atoms with E-state index in [1.807, 2.05) is 6.07 Å². The lowest BCUT2D eigenvalue weighted by Gasteiger charge is -2.24. The molecule has 0 bridgehead atoms. The van der Waals surface area contributed by atoms with Crippen molar-refractivity contribution in [3.05, 3.63) is 29.6 Å². The highest BCUT2D eigenvalue weighted by Gasteiger charge is 2.27. The lowest BCUT2D eigenvalue weighted by Crippen LogP contribution is -2.43. The summed E-state index contributed by atoms with van der Waals surface area (Å²) in [5.41, 5.74) is 1.06. The fraction of sp³-hybridized carbons (Fsp3) is 0.538. The van der Waals surface area contributed by atoms with E-state index in [4.69, 9.17) is 4.74 Å². The molecule has 1 aliphatic heterocycles. The van der Waals surface area contributed by atoms with Crippen LogP contribution in [0.4, 0.5) is 4.39 Å². The first-order valence-electron chi connectivity index (χ1n) is 5.91. The van der Waals surface area contributed by atoms with E-state index in [0.717, 1.165) is 25.1 Å². The highest BCUT2D eigenvalue weighted by molar-refractivity contribution is 5.29. The third-order valence-corrected chi connectivity index (χ3v) is 3.30. The summed E-state index contributed by atoms with van der Waals surface area (Å²) in [4.78, 5) is 0. The van der Waals surface area contributed by atoms with Crippen LogP contribution >= 0.6 is 0 Å². The van der Waals surface area contributed by atoms with Gasteiger partial charge < -0.3 is 15.4 Å². The van der Waals surface area contributed by atoms with Gasteiger partial charge in [0.15, 0.2) is 11.6 Å². The summed E-state index contributed by atoms with van der Waals surface area (Å²) >= 11 is 0. The minimum Gasteiger partial charge on any atom is -0.494 e. The van der Waals surface area contributed by atoms with Gasteiger partial charge in [-0.1, -0.05) is 6.07 Å². The first kappa shape index (κ1) is 12.3. The summed E-state index contributed by atoms with van der Waals surface area (Å²) in [5.74, 6) is -0.0102. The van der Waals surface area contributed by atoms with Gasteiger partial charge in [-0.15, -0.1) is 0 Å². The number of benzene rings is 1. The molecular weight excluding hydrogens is 219 g/mol. The fourth-order valence-corrected chi connectivity index (χ4v) is 2.10. The predicted molar refractivity (Wildman–Crippen MR) is 65.7 cm³/mol. The van der Waals surface area contributed by atoms with E-state index in [1.54, 1.807) is 6.07 Å².